The lowest BCUT2D eigenvalue weighted by molar-refractivity contribution is 0.110. The second-order valence-electron chi connectivity index (χ2n) is 5.49. The summed E-state index contributed by atoms with van der Waals surface area (Å²) in [6.07, 6.45) is 2.88. The van der Waals surface area contributed by atoms with Crippen molar-refractivity contribution in [1.82, 2.24) is 5.32 Å². The molecule has 0 bridgehead atoms. The Morgan fingerprint density at radius 1 is 1.42 bits per heavy atom. The maximum Gasteiger partial charge on any atom is 0.0700 e. The maximum absolute atomic E-state index is 5.62. The third-order valence-electron chi connectivity index (χ3n) is 3.50. The Labute approximate surface area is 121 Å². The van der Waals surface area contributed by atoms with Gasteiger partial charge in [-0.15, -0.1) is 11.8 Å². The molecular formula is C16H25NOS. The second kappa shape index (κ2) is 7.32. The molecule has 19 heavy (non-hydrogen) atoms. The fourth-order valence-corrected chi connectivity index (χ4v) is 3.49. The molecule has 0 aliphatic carbocycles. The average molecular weight is 279 g/mol. The van der Waals surface area contributed by atoms with Crippen molar-refractivity contribution in [1.29, 1.82) is 0 Å². The SMILES string of the molecule is Cc1ccc(C)c(SC(C)CNCC2CCCO2)c1. The first-order valence-electron chi connectivity index (χ1n) is 7.21. The molecule has 3 heteroatoms. The van der Waals surface area contributed by atoms with Crippen LogP contribution in [-0.2, 0) is 4.74 Å². The fraction of sp³-hybridized carbons (Fsp3) is 0.625. The van der Waals surface area contributed by atoms with E-state index < -0.39 is 0 Å². The van der Waals surface area contributed by atoms with Gasteiger partial charge in [0.25, 0.3) is 0 Å². The van der Waals surface area contributed by atoms with Gasteiger partial charge in [0.05, 0.1) is 6.10 Å². The highest BCUT2D eigenvalue weighted by molar-refractivity contribution is 8.00. The summed E-state index contributed by atoms with van der Waals surface area (Å²) in [5.41, 5.74) is 2.72. The summed E-state index contributed by atoms with van der Waals surface area (Å²) in [5.74, 6) is 0. The highest BCUT2D eigenvalue weighted by Gasteiger charge is 2.15. The standard InChI is InChI=1S/C16H25NOS/c1-12-6-7-13(2)16(9-12)19-14(3)10-17-11-15-5-4-8-18-15/h6-7,9,14-15,17H,4-5,8,10-11H2,1-3H3. The molecule has 1 saturated heterocycles. The summed E-state index contributed by atoms with van der Waals surface area (Å²) in [6, 6.07) is 6.68. The Balaban J connectivity index is 1.73. The number of hydrogen-bond donors (Lipinski definition) is 1. The molecule has 0 spiro atoms. The Bertz CT molecular complexity index is 402. The lowest BCUT2D eigenvalue weighted by Crippen LogP contribution is -2.30. The van der Waals surface area contributed by atoms with Crippen LogP contribution in [0.4, 0.5) is 0 Å². The zero-order chi connectivity index (χ0) is 13.7. The number of benzene rings is 1. The van der Waals surface area contributed by atoms with E-state index in [4.69, 9.17) is 4.74 Å². The van der Waals surface area contributed by atoms with Crippen LogP contribution in [0.25, 0.3) is 0 Å². The summed E-state index contributed by atoms with van der Waals surface area (Å²) in [7, 11) is 0. The molecule has 1 fully saturated rings. The molecule has 1 aliphatic heterocycles. The molecule has 1 aliphatic rings. The zero-order valence-corrected chi connectivity index (χ0v) is 13.1. The van der Waals surface area contributed by atoms with E-state index in [9.17, 15) is 0 Å². The van der Waals surface area contributed by atoms with Gasteiger partial charge in [0.15, 0.2) is 0 Å². The van der Waals surface area contributed by atoms with E-state index in [0.29, 0.717) is 11.4 Å². The van der Waals surface area contributed by atoms with Crippen LogP contribution in [-0.4, -0.2) is 31.1 Å². The topological polar surface area (TPSA) is 21.3 Å². The molecule has 0 aromatic heterocycles. The lowest BCUT2D eigenvalue weighted by Gasteiger charge is -2.16. The van der Waals surface area contributed by atoms with Crippen LogP contribution >= 0.6 is 11.8 Å². The molecule has 2 rings (SSSR count). The highest BCUT2D eigenvalue weighted by atomic mass is 32.2. The minimum Gasteiger partial charge on any atom is -0.377 e. The first kappa shape index (κ1) is 14.9. The number of aryl methyl sites for hydroxylation is 2. The smallest absolute Gasteiger partial charge is 0.0700 e. The van der Waals surface area contributed by atoms with Crippen molar-refractivity contribution in [3.8, 4) is 0 Å². The highest BCUT2D eigenvalue weighted by Crippen LogP contribution is 2.27. The van der Waals surface area contributed by atoms with Crippen LogP contribution in [0.5, 0.6) is 0 Å². The average Bonchev–Trinajstić information content (AvgIpc) is 2.87. The van der Waals surface area contributed by atoms with Gasteiger partial charge in [-0.1, -0.05) is 24.6 Å². The van der Waals surface area contributed by atoms with Crippen molar-refractivity contribution >= 4 is 11.8 Å². The van der Waals surface area contributed by atoms with E-state index >= 15 is 0 Å². The lowest BCUT2D eigenvalue weighted by atomic mass is 10.2. The molecule has 1 aromatic carbocycles. The first-order chi connectivity index (χ1) is 9.15. The van der Waals surface area contributed by atoms with Crippen LogP contribution < -0.4 is 5.32 Å². The van der Waals surface area contributed by atoms with Crippen molar-refractivity contribution in [3.63, 3.8) is 0 Å². The summed E-state index contributed by atoms with van der Waals surface area (Å²) in [4.78, 5) is 1.41. The van der Waals surface area contributed by atoms with Crippen molar-refractivity contribution in [2.24, 2.45) is 0 Å². The van der Waals surface area contributed by atoms with Crippen LogP contribution in [0, 0.1) is 13.8 Å². The molecule has 1 N–H and O–H groups in total. The Hall–Kier alpha value is -0.510. The van der Waals surface area contributed by atoms with Crippen molar-refractivity contribution in [2.75, 3.05) is 19.7 Å². The van der Waals surface area contributed by atoms with Crippen molar-refractivity contribution < 1.29 is 4.74 Å². The minimum absolute atomic E-state index is 0.443. The summed E-state index contributed by atoms with van der Waals surface area (Å²) < 4.78 is 5.62. The molecule has 2 unspecified atom stereocenters. The van der Waals surface area contributed by atoms with Gasteiger partial charge in [-0.2, -0.15) is 0 Å². The number of hydrogen-bond acceptors (Lipinski definition) is 3. The van der Waals surface area contributed by atoms with Gasteiger partial charge in [0, 0.05) is 29.8 Å². The van der Waals surface area contributed by atoms with E-state index in [1.165, 1.54) is 28.9 Å². The van der Waals surface area contributed by atoms with Gasteiger partial charge < -0.3 is 10.1 Å². The van der Waals surface area contributed by atoms with Crippen molar-refractivity contribution in [3.05, 3.63) is 29.3 Å². The fourth-order valence-electron chi connectivity index (χ4n) is 2.35. The zero-order valence-electron chi connectivity index (χ0n) is 12.2. The van der Waals surface area contributed by atoms with Crippen LogP contribution in [0.2, 0.25) is 0 Å². The second-order valence-corrected chi connectivity index (χ2v) is 6.97. The molecule has 0 amide bonds. The van der Waals surface area contributed by atoms with Gasteiger partial charge in [-0.05, 0) is 38.3 Å². The Kier molecular flexibility index (Phi) is 5.74. The molecule has 106 valence electrons. The van der Waals surface area contributed by atoms with Gasteiger partial charge >= 0.3 is 0 Å². The molecule has 0 radical (unpaired) electrons. The quantitative estimate of drug-likeness (QED) is 0.805. The molecule has 1 heterocycles. The molecule has 1 aromatic rings. The van der Waals surface area contributed by atoms with Crippen LogP contribution in [0.1, 0.15) is 30.9 Å². The van der Waals surface area contributed by atoms with Gasteiger partial charge in [-0.25, -0.2) is 0 Å². The van der Waals surface area contributed by atoms with E-state index in [0.717, 1.165) is 19.7 Å². The number of ether oxygens (including phenoxy) is 1. The summed E-state index contributed by atoms with van der Waals surface area (Å²) in [6.45, 7) is 9.61. The number of thioether (sulfide) groups is 1. The van der Waals surface area contributed by atoms with Gasteiger partial charge in [0.2, 0.25) is 0 Å². The normalized spacial score (nSPS) is 20.7. The van der Waals surface area contributed by atoms with E-state index in [1.807, 2.05) is 11.8 Å². The summed E-state index contributed by atoms with van der Waals surface area (Å²) in [5, 5.41) is 4.12. The Morgan fingerprint density at radius 2 is 2.26 bits per heavy atom. The monoisotopic (exact) mass is 279 g/mol. The van der Waals surface area contributed by atoms with Crippen LogP contribution in [0.3, 0.4) is 0 Å². The number of rotatable bonds is 6. The maximum atomic E-state index is 5.62. The van der Waals surface area contributed by atoms with E-state index in [-0.39, 0.29) is 0 Å². The minimum atomic E-state index is 0.443. The Morgan fingerprint density at radius 3 is 3.00 bits per heavy atom. The third kappa shape index (κ3) is 4.83. The number of nitrogens with one attached hydrogen (secondary N) is 1. The third-order valence-corrected chi connectivity index (χ3v) is 4.76. The molecule has 2 atom stereocenters. The van der Waals surface area contributed by atoms with E-state index in [1.54, 1.807) is 0 Å². The predicted octanol–water partition coefficient (Wildman–Crippen LogP) is 3.55. The van der Waals surface area contributed by atoms with Gasteiger partial charge in [-0.3, -0.25) is 0 Å². The molecule has 0 saturated carbocycles. The molecule has 2 nitrogen and oxygen atoms in total. The van der Waals surface area contributed by atoms with E-state index in [2.05, 4.69) is 44.3 Å². The largest absolute Gasteiger partial charge is 0.377 e. The van der Waals surface area contributed by atoms with Crippen LogP contribution in [0.15, 0.2) is 23.1 Å². The summed E-state index contributed by atoms with van der Waals surface area (Å²) >= 11 is 1.96. The first-order valence-corrected chi connectivity index (χ1v) is 8.09. The predicted molar refractivity (Wildman–Crippen MR) is 83.1 cm³/mol. The van der Waals surface area contributed by atoms with Gasteiger partial charge in [0.1, 0.15) is 0 Å². The van der Waals surface area contributed by atoms with Crippen molar-refractivity contribution in [2.45, 2.75) is 49.9 Å². The molecular weight excluding hydrogens is 254 g/mol.